The third-order valence-corrected chi connectivity index (χ3v) is 1.32. The van der Waals surface area contributed by atoms with E-state index in [1.165, 1.54) is 10.7 Å². The van der Waals surface area contributed by atoms with Crippen LogP contribution in [0.5, 0.6) is 0 Å². The Morgan fingerprint density at radius 2 is 2.36 bits per heavy atom. The van der Waals surface area contributed by atoms with Crippen LogP contribution in [-0.2, 0) is 0 Å². The lowest BCUT2D eigenvalue weighted by Crippen LogP contribution is -2.09. The summed E-state index contributed by atoms with van der Waals surface area (Å²) in [5, 5.41) is 11.2. The Labute approximate surface area is 60.9 Å². The van der Waals surface area contributed by atoms with E-state index in [9.17, 15) is 4.79 Å². The minimum atomic E-state index is -0.273. The Morgan fingerprint density at radius 3 is 3.18 bits per heavy atom. The second-order valence-electron chi connectivity index (χ2n) is 2.12. The molecule has 6 nitrogen and oxygen atoms in total. The number of hydrogen-bond acceptors (Lipinski definition) is 4. The quantitative estimate of drug-likeness (QED) is 0.530. The van der Waals surface area contributed by atoms with Gasteiger partial charge in [0.2, 0.25) is 0 Å². The number of hydrogen-bond donors (Lipinski definition) is 1. The van der Waals surface area contributed by atoms with Crippen LogP contribution in [0.1, 0.15) is 5.82 Å². The number of rotatable bonds is 0. The summed E-state index contributed by atoms with van der Waals surface area (Å²) >= 11 is 0. The van der Waals surface area contributed by atoms with Crippen molar-refractivity contribution in [3.63, 3.8) is 0 Å². The van der Waals surface area contributed by atoms with Gasteiger partial charge in [-0.1, -0.05) is 0 Å². The molecule has 11 heavy (non-hydrogen) atoms. The maximum absolute atomic E-state index is 10.7. The lowest BCUT2D eigenvalue weighted by Gasteiger charge is -1.88. The standard InChI is InChI=1S/C5H5N5O/c1-3-8-9-5-7-4(11)2-6-10(3)5/h2H,1H3,(H,7,9,11). The van der Waals surface area contributed by atoms with Gasteiger partial charge in [-0.05, 0) is 6.92 Å². The van der Waals surface area contributed by atoms with Crippen LogP contribution in [0.25, 0.3) is 5.78 Å². The van der Waals surface area contributed by atoms with E-state index in [1.54, 1.807) is 6.92 Å². The van der Waals surface area contributed by atoms with Gasteiger partial charge in [0.1, 0.15) is 6.20 Å². The molecule has 0 aromatic carbocycles. The number of aromatic amines is 1. The van der Waals surface area contributed by atoms with Crippen LogP contribution in [0.3, 0.4) is 0 Å². The molecular formula is C5H5N5O. The molecule has 1 N–H and O–H groups in total. The first-order valence-electron chi connectivity index (χ1n) is 3.05. The average Bonchev–Trinajstić information content (AvgIpc) is 2.32. The fourth-order valence-corrected chi connectivity index (χ4v) is 0.827. The van der Waals surface area contributed by atoms with E-state index in [2.05, 4.69) is 20.3 Å². The van der Waals surface area contributed by atoms with Gasteiger partial charge in [-0.3, -0.25) is 9.78 Å². The maximum atomic E-state index is 10.7. The van der Waals surface area contributed by atoms with Crippen molar-refractivity contribution in [2.75, 3.05) is 0 Å². The second kappa shape index (κ2) is 1.88. The molecular weight excluding hydrogens is 146 g/mol. The summed E-state index contributed by atoms with van der Waals surface area (Å²) in [6.45, 7) is 1.76. The summed E-state index contributed by atoms with van der Waals surface area (Å²) in [4.78, 5) is 13.2. The van der Waals surface area contributed by atoms with Gasteiger partial charge in [0.15, 0.2) is 5.82 Å². The highest BCUT2D eigenvalue weighted by molar-refractivity contribution is 5.22. The average molecular weight is 151 g/mol. The topological polar surface area (TPSA) is 75.9 Å². The molecule has 0 saturated heterocycles. The zero-order valence-electron chi connectivity index (χ0n) is 5.77. The molecule has 0 unspecified atom stereocenters. The molecule has 0 bridgehead atoms. The van der Waals surface area contributed by atoms with E-state index in [0.717, 1.165) is 0 Å². The molecule has 0 fully saturated rings. The van der Waals surface area contributed by atoms with Crippen LogP contribution < -0.4 is 5.56 Å². The van der Waals surface area contributed by atoms with Crippen molar-refractivity contribution >= 4 is 5.78 Å². The van der Waals surface area contributed by atoms with Crippen molar-refractivity contribution in [2.45, 2.75) is 6.92 Å². The van der Waals surface area contributed by atoms with Crippen LogP contribution in [0.15, 0.2) is 11.0 Å². The van der Waals surface area contributed by atoms with Gasteiger partial charge < -0.3 is 0 Å². The molecule has 0 atom stereocenters. The highest BCUT2D eigenvalue weighted by Crippen LogP contribution is 1.90. The molecule has 0 aliphatic carbocycles. The normalized spacial score (nSPS) is 10.6. The van der Waals surface area contributed by atoms with Gasteiger partial charge in [-0.2, -0.15) is 9.61 Å². The summed E-state index contributed by atoms with van der Waals surface area (Å²) in [5.74, 6) is 1.02. The minimum absolute atomic E-state index is 0.273. The SMILES string of the molecule is Cc1nnc2[nH]c(=O)cnn12. The van der Waals surface area contributed by atoms with E-state index in [-0.39, 0.29) is 5.56 Å². The Balaban J connectivity index is 2.96. The van der Waals surface area contributed by atoms with Crippen molar-refractivity contribution < 1.29 is 0 Å². The molecule has 2 aromatic heterocycles. The summed E-state index contributed by atoms with van der Waals surface area (Å²) < 4.78 is 1.46. The molecule has 0 aliphatic heterocycles. The van der Waals surface area contributed by atoms with Crippen LogP contribution >= 0.6 is 0 Å². The first-order chi connectivity index (χ1) is 5.27. The van der Waals surface area contributed by atoms with Gasteiger partial charge in [-0.25, -0.2) is 0 Å². The summed E-state index contributed by atoms with van der Waals surface area (Å²) in [7, 11) is 0. The van der Waals surface area contributed by atoms with E-state index in [0.29, 0.717) is 11.6 Å². The van der Waals surface area contributed by atoms with E-state index in [1.807, 2.05) is 0 Å². The number of nitrogens with one attached hydrogen (secondary N) is 1. The zero-order chi connectivity index (χ0) is 7.84. The van der Waals surface area contributed by atoms with Crippen LogP contribution in [-0.4, -0.2) is 24.8 Å². The van der Waals surface area contributed by atoms with E-state index in [4.69, 9.17) is 0 Å². The third-order valence-electron chi connectivity index (χ3n) is 1.32. The van der Waals surface area contributed by atoms with Gasteiger partial charge in [0.25, 0.3) is 11.3 Å². The van der Waals surface area contributed by atoms with Gasteiger partial charge in [0, 0.05) is 0 Å². The molecule has 56 valence electrons. The van der Waals surface area contributed by atoms with Crippen LogP contribution in [0, 0.1) is 6.92 Å². The molecule has 2 heterocycles. The molecule has 0 amide bonds. The Kier molecular flexibility index (Phi) is 1.03. The number of H-pyrrole nitrogens is 1. The molecule has 0 saturated carbocycles. The Bertz CT molecular complexity index is 441. The zero-order valence-corrected chi connectivity index (χ0v) is 5.77. The lowest BCUT2D eigenvalue weighted by atomic mass is 10.7. The summed E-state index contributed by atoms with van der Waals surface area (Å²) in [6, 6.07) is 0. The van der Waals surface area contributed by atoms with Crippen molar-refractivity contribution in [1.82, 2.24) is 24.8 Å². The summed E-state index contributed by atoms with van der Waals surface area (Å²) in [6.07, 6.45) is 1.18. The van der Waals surface area contributed by atoms with Crippen molar-refractivity contribution in [2.24, 2.45) is 0 Å². The largest absolute Gasteiger partial charge is 0.288 e. The first-order valence-corrected chi connectivity index (χ1v) is 3.05. The summed E-state index contributed by atoms with van der Waals surface area (Å²) in [5.41, 5.74) is -0.273. The van der Waals surface area contributed by atoms with E-state index >= 15 is 0 Å². The fraction of sp³-hybridized carbons (Fsp3) is 0.200. The van der Waals surface area contributed by atoms with Crippen LogP contribution in [0.4, 0.5) is 0 Å². The molecule has 0 radical (unpaired) electrons. The van der Waals surface area contributed by atoms with Crippen molar-refractivity contribution in [3.05, 3.63) is 22.4 Å². The van der Waals surface area contributed by atoms with Gasteiger partial charge >= 0.3 is 0 Å². The van der Waals surface area contributed by atoms with Crippen LogP contribution in [0.2, 0.25) is 0 Å². The fourth-order valence-electron chi connectivity index (χ4n) is 0.827. The predicted octanol–water partition coefficient (Wildman–Crippen LogP) is -0.879. The molecule has 2 aromatic rings. The maximum Gasteiger partial charge on any atom is 0.271 e. The Morgan fingerprint density at radius 1 is 1.55 bits per heavy atom. The molecule has 0 aliphatic rings. The second-order valence-corrected chi connectivity index (χ2v) is 2.12. The number of aryl methyl sites for hydroxylation is 1. The smallest absolute Gasteiger partial charge is 0.271 e. The van der Waals surface area contributed by atoms with E-state index < -0.39 is 0 Å². The highest BCUT2D eigenvalue weighted by atomic mass is 16.1. The van der Waals surface area contributed by atoms with Crippen molar-refractivity contribution in [1.29, 1.82) is 0 Å². The number of fused-ring (bicyclic) bond motifs is 1. The molecule has 0 spiro atoms. The highest BCUT2D eigenvalue weighted by Gasteiger charge is 1.99. The molecule has 2 rings (SSSR count). The van der Waals surface area contributed by atoms with Gasteiger partial charge in [0.05, 0.1) is 0 Å². The third kappa shape index (κ3) is 0.794. The Hall–Kier alpha value is -1.72. The monoisotopic (exact) mass is 151 g/mol. The first kappa shape index (κ1) is 6.02. The minimum Gasteiger partial charge on any atom is -0.288 e. The lowest BCUT2D eigenvalue weighted by molar-refractivity contribution is 0.847. The van der Waals surface area contributed by atoms with Crippen molar-refractivity contribution in [3.8, 4) is 0 Å². The molecule has 6 heteroatoms. The van der Waals surface area contributed by atoms with Gasteiger partial charge in [-0.15, -0.1) is 10.2 Å². The number of aromatic nitrogens is 5. The number of nitrogens with zero attached hydrogens (tertiary/aromatic N) is 4. The predicted molar refractivity (Wildman–Crippen MR) is 36.1 cm³/mol.